The summed E-state index contributed by atoms with van der Waals surface area (Å²) in [6, 6.07) is 7.14. The number of hydrogen-bond donors (Lipinski definition) is 3. The van der Waals surface area contributed by atoms with E-state index in [-0.39, 0.29) is 6.42 Å². The van der Waals surface area contributed by atoms with E-state index in [4.69, 9.17) is 23.2 Å². The smallest absolute Gasteiger partial charge is 0.321 e. The van der Waals surface area contributed by atoms with Crippen LogP contribution >= 0.6 is 23.2 Å². The summed E-state index contributed by atoms with van der Waals surface area (Å²) in [5.74, 6) is -1.57. The molecule has 0 saturated heterocycles. The zero-order chi connectivity index (χ0) is 17.5. The topological polar surface area (TPSA) is 91.3 Å². The molecule has 0 bridgehead atoms. The van der Waals surface area contributed by atoms with Gasteiger partial charge in [-0.1, -0.05) is 29.3 Å². The van der Waals surface area contributed by atoms with Crippen LogP contribution in [0.15, 0.2) is 42.7 Å². The minimum atomic E-state index is -1.11. The number of hydrogen-bond acceptors (Lipinski definition) is 4. The standard InChI is InChI=1S/C16H15Cl2N3O3/c17-11-4-12(18)6-13(5-11)21-15(22)7-14(16(23)24)20-9-10-2-1-3-19-8-10/h1-6,8,14,20H,7,9H2,(H,21,22)(H,23,24)/t14-/m0/s1. The molecule has 0 aliphatic heterocycles. The van der Waals surface area contributed by atoms with Gasteiger partial charge < -0.3 is 10.4 Å². The lowest BCUT2D eigenvalue weighted by molar-refractivity contribution is -0.141. The summed E-state index contributed by atoms with van der Waals surface area (Å²) in [4.78, 5) is 27.3. The van der Waals surface area contributed by atoms with E-state index in [0.717, 1.165) is 5.56 Å². The Morgan fingerprint density at radius 3 is 2.50 bits per heavy atom. The van der Waals surface area contributed by atoms with E-state index in [1.54, 1.807) is 18.5 Å². The van der Waals surface area contributed by atoms with Crippen LogP contribution in [0.4, 0.5) is 5.69 Å². The summed E-state index contributed by atoms with van der Waals surface area (Å²) >= 11 is 11.7. The number of pyridine rings is 1. The summed E-state index contributed by atoms with van der Waals surface area (Å²) in [5.41, 5.74) is 1.24. The van der Waals surface area contributed by atoms with E-state index in [2.05, 4.69) is 15.6 Å². The zero-order valence-corrected chi connectivity index (χ0v) is 14.0. The Kier molecular flexibility index (Phi) is 6.54. The first-order chi connectivity index (χ1) is 11.4. The van der Waals surface area contributed by atoms with Crippen LogP contribution in [0.3, 0.4) is 0 Å². The van der Waals surface area contributed by atoms with Gasteiger partial charge in [0.1, 0.15) is 6.04 Å². The first-order valence-electron chi connectivity index (χ1n) is 7.05. The quantitative estimate of drug-likeness (QED) is 0.699. The molecule has 0 fully saturated rings. The molecule has 24 heavy (non-hydrogen) atoms. The Morgan fingerprint density at radius 1 is 1.21 bits per heavy atom. The maximum Gasteiger partial charge on any atom is 0.321 e. The van der Waals surface area contributed by atoms with Gasteiger partial charge in [0.05, 0.1) is 6.42 Å². The molecule has 1 aromatic carbocycles. The molecule has 1 atom stereocenters. The third-order valence-electron chi connectivity index (χ3n) is 3.11. The van der Waals surface area contributed by atoms with Crippen molar-refractivity contribution in [2.24, 2.45) is 0 Å². The fourth-order valence-corrected chi connectivity index (χ4v) is 2.54. The average molecular weight is 368 g/mol. The van der Waals surface area contributed by atoms with Crippen molar-refractivity contribution in [1.82, 2.24) is 10.3 Å². The zero-order valence-electron chi connectivity index (χ0n) is 12.5. The van der Waals surface area contributed by atoms with E-state index in [9.17, 15) is 14.7 Å². The normalized spacial score (nSPS) is 11.8. The number of rotatable bonds is 7. The molecule has 0 spiro atoms. The maximum absolute atomic E-state index is 12.0. The van der Waals surface area contributed by atoms with Gasteiger partial charge in [-0.3, -0.25) is 19.9 Å². The van der Waals surface area contributed by atoms with Gasteiger partial charge in [0.2, 0.25) is 5.91 Å². The van der Waals surface area contributed by atoms with Crippen molar-refractivity contribution in [3.8, 4) is 0 Å². The van der Waals surface area contributed by atoms with Crippen LogP contribution in [0.1, 0.15) is 12.0 Å². The van der Waals surface area contributed by atoms with E-state index >= 15 is 0 Å². The molecule has 8 heteroatoms. The van der Waals surface area contributed by atoms with Gasteiger partial charge in [0.15, 0.2) is 0 Å². The first-order valence-corrected chi connectivity index (χ1v) is 7.80. The number of carbonyl (C=O) groups excluding carboxylic acids is 1. The highest BCUT2D eigenvalue weighted by Gasteiger charge is 2.21. The van der Waals surface area contributed by atoms with Gasteiger partial charge in [-0.05, 0) is 29.8 Å². The van der Waals surface area contributed by atoms with Crippen LogP contribution < -0.4 is 10.6 Å². The average Bonchev–Trinajstić information content (AvgIpc) is 2.51. The number of aliphatic carboxylic acids is 1. The highest BCUT2D eigenvalue weighted by molar-refractivity contribution is 6.35. The molecule has 126 valence electrons. The second-order valence-electron chi connectivity index (χ2n) is 5.04. The molecule has 1 aromatic heterocycles. The summed E-state index contributed by atoms with van der Waals surface area (Å²) in [6.45, 7) is 0.293. The monoisotopic (exact) mass is 367 g/mol. The molecule has 0 saturated carbocycles. The van der Waals surface area contributed by atoms with Gasteiger partial charge >= 0.3 is 5.97 Å². The molecule has 1 heterocycles. The lowest BCUT2D eigenvalue weighted by Gasteiger charge is -2.14. The Hall–Kier alpha value is -2.15. The first kappa shape index (κ1) is 18.2. The molecular formula is C16H15Cl2N3O3. The molecule has 0 unspecified atom stereocenters. The molecule has 3 N–H and O–H groups in total. The Balaban J connectivity index is 1.94. The largest absolute Gasteiger partial charge is 0.480 e. The summed E-state index contributed by atoms with van der Waals surface area (Å²) < 4.78 is 0. The van der Waals surface area contributed by atoms with Crippen LogP contribution in [0, 0.1) is 0 Å². The van der Waals surface area contributed by atoms with Gasteiger partial charge in [0, 0.05) is 34.7 Å². The van der Waals surface area contributed by atoms with Crippen molar-refractivity contribution in [3.05, 3.63) is 58.3 Å². The van der Waals surface area contributed by atoms with Crippen LogP contribution in [-0.2, 0) is 16.1 Å². The lowest BCUT2D eigenvalue weighted by atomic mass is 10.1. The van der Waals surface area contributed by atoms with Crippen LogP contribution in [-0.4, -0.2) is 28.0 Å². The SMILES string of the molecule is O=C(C[C@H](NCc1cccnc1)C(=O)O)Nc1cc(Cl)cc(Cl)c1. The predicted octanol–water partition coefficient (Wildman–Crippen LogP) is 2.96. The van der Waals surface area contributed by atoms with Gasteiger partial charge in [-0.25, -0.2) is 0 Å². The van der Waals surface area contributed by atoms with Gasteiger partial charge in [-0.2, -0.15) is 0 Å². The molecule has 6 nitrogen and oxygen atoms in total. The van der Waals surface area contributed by atoms with E-state index in [1.807, 2.05) is 6.07 Å². The Bertz CT molecular complexity index is 706. The third-order valence-corrected chi connectivity index (χ3v) is 3.55. The second-order valence-corrected chi connectivity index (χ2v) is 5.92. The van der Waals surface area contributed by atoms with Crippen molar-refractivity contribution >= 4 is 40.8 Å². The fourth-order valence-electron chi connectivity index (χ4n) is 2.01. The number of aromatic nitrogens is 1. The van der Waals surface area contributed by atoms with Crippen LogP contribution in [0.2, 0.25) is 10.0 Å². The summed E-state index contributed by atoms with van der Waals surface area (Å²) in [5, 5.41) is 15.4. The lowest BCUT2D eigenvalue weighted by Crippen LogP contribution is -2.39. The molecule has 1 amide bonds. The molecule has 0 aliphatic carbocycles. The highest BCUT2D eigenvalue weighted by atomic mass is 35.5. The fraction of sp³-hybridized carbons (Fsp3) is 0.188. The minimum absolute atomic E-state index is 0.236. The summed E-state index contributed by atoms with van der Waals surface area (Å²) in [7, 11) is 0. The van der Waals surface area contributed by atoms with Crippen LogP contribution in [0.25, 0.3) is 0 Å². The highest BCUT2D eigenvalue weighted by Crippen LogP contribution is 2.22. The number of nitrogens with one attached hydrogen (secondary N) is 2. The minimum Gasteiger partial charge on any atom is -0.480 e. The number of benzene rings is 1. The number of carbonyl (C=O) groups is 2. The van der Waals surface area contributed by atoms with Crippen molar-refractivity contribution in [3.63, 3.8) is 0 Å². The molecule has 2 rings (SSSR count). The van der Waals surface area contributed by atoms with E-state index in [1.165, 1.54) is 18.2 Å². The number of anilines is 1. The van der Waals surface area contributed by atoms with E-state index in [0.29, 0.717) is 22.3 Å². The van der Waals surface area contributed by atoms with Crippen molar-refractivity contribution < 1.29 is 14.7 Å². The number of halogens is 2. The second kappa shape index (κ2) is 8.63. The van der Waals surface area contributed by atoms with Gasteiger partial charge in [-0.15, -0.1) is 0 Å². The van der Waals surface area contributed by atoms with Crippen molar-refractivity contribution in [2.75, 3.05) is 5.32 Å². The number of amides is 1. The number of nitrogens with zero attached hydrogens (tertiary/aromatic N) is 1. The van der Waals surface area contributed by atoms with Crippen LogP contribution in [0.5, 0.6) is 0 Å². The van der Waals surface area contributed by atoms with E-state index < -0.39 is 17.9 Å². The molecule has 0 aliphatic rings. The Labute approximate surface area is 148 Å². The maximum atomic E-state index is 12.0. The van der Waals surface area contributed by atoms with Crippen molar-refractivity contribution in [1.29, 1.82) is 0 Å². The molecule has 0 radical (unpaired) electrons. The third kappa shape index (κ3) is 5.81. The predicted molar refractivity (Wildman–Crippen MR) is 92.2 cm³/mol. The summed E-state index contributed by atoms with van der Waals surface area (Å²) in [6.07, 6.45) is 3.02. The molecule has 2 aromatic rings. The Morgan fingerprint density at radius 2 is 1.92 bits per heavy atom. The number of carboxylic acid groups (broad SMARTS) is 1. The number of carboxylic acids is 1. The van der Waals surface area contributed by atoms with Gasteiger partial charge in [0.25, 0.3) is 0 Å². The molecular weight excluding hydrogens is 353 g/mol. The van der Waals surface area contributed by atoms with Crippen molar-refractivity contribution in [2.45, 2.75) is 19.0 Å².